The fraction of sp³-hybridized carbons (Fsp3) is 0.375. The van der Waals surface area contributed by atoms with Crippen molar-refractivity contribution in [1.29, 1.82) is 0 Å². The molecule has 0 radical (unpaired) electrons. The summed E-state index contributed by atoms with van der Waals surface area (Å²) in [7, 11) is 0. The molecule has 0 aliphatic heterocycles. The zero-order valence-electron chi connectivity index (χ0n) is 12.1. The van der Waals surface area contributed by atoms with Crippen molar-refractivity contribution >= 4 is 5.69 Å². The summed E-state index contributed by atoms with van der Waals surface area (Å²) in [5, 5.41) is 19.6. The number of allylic oxidation sites excluding steroid dienone is 1. The molecule has 0 saturated carbocycles. The van der Waals surface area contributed by atoms with E-state index in [-0.39, 0.29) is 4.92 Å². The first-order valence-corrected chi connectivity index (χ1v) is 7.17. The topological polar surface area (TPSA) is 67.9 Å². The van der Waals surface area contributed by atoms with Crippen LogP contribution < -0.4 is 0 Å². The van der Waals surface area contributed by atoms with E-state index in [9.17, 15) is 10.1 Å². The smallest absolute Gasteiger partial charge is 0.244 e. The van der Waals surface area contributed by atoms with E-state index in [1.54, 1.807) is 18.2 Å². The highest BCUT2D eigenvalue weighted by Gasteiger charge is 2.39. The fourth-order valence-electron chi connectivity index (χ4n) is 2.24. The fourth-order valence-corrected chi connectivity index (χ4v) is 2.24. The summed E-state index contributed by atoms with van der Waals surface area (Å²) in [4.78, 5) is 11.2. The van der Waals surface area contributed by atoms with Crippen molar-refractivity contribution in [2.75, 3.05) is 0 Å². The maximum atomic E-state index is 11.3. The number of unbranched alkanes of at least 4 members (excludes halogenated alkanes) is 1. The molecule has 0 amide bonds. The number of azo groups is 1. The number of rotatable bonds is 6. The Morgan fingerprint density at radius 1 is 1.29 bits per heavy atom. The van der Waals surface area contributed by atoms with E-state index in [4.69, 9.17) is 0 Å². The van der Waals surface area contributed by atoms with Crippen molar-refractivity contribution in [2.24, 2.45) is 10.2 Å². The van der Waals surface area contributed by atoms with Gasteiger partial charge in [-0.05, 0) is 36.8 Å². The SMILES string of the molecule is CCCCC1([N+](=O)[O-])C=CC(N=Nc2ccccc2)=CC1. The third-order valence-electron chi connectivity index (χ3n) is 3.59. The molecule has 21 heavy (non-hydrogen) atoms. The number of nitro groups is 1. The van der Waals surface area contributed by atoms with Crippen molar-refractivity contribution in [2.45, 2.75) is 38.1 Å². The molecule has 110 valence electrons. The summed E-state index contributed by atoms with van der Waals surface area (Å²) in [5.74, 6) is 0. The zero-order valence-corrected chi connectivity index (χ0v) is 12.1. The van der Waals surface area contributed by atoms with E-state index >= 15 is 0 Å². The van der Waals surface area contributed by atoms with E-state index in [0.717, 1.165) is 18.5 Å². The van der Waals surface area contributed by atoms with E-state index in [1.807, 2.05) is 37.3 Å². The highest BCUT2D eigenvalue weighted by atomic mass is 16.6. The molecule has 0 heterocycles. The van der Waals surface area contributed by atoms with Crippen LogP contribution >= 0.6 is 0 Å². The van der Waals surface area contributed by atoms with E-state index in [1.165, 1.54) is 0 Å². The van der Waals surface area contributed by atoms with E-state index in [2.05, 4.69) is 10.2 Å². The molecule has 1 aromatic carbocycles. The van der Waals surface area contributed by atoms with Gasteiger partial charge in [0.2, 0.25) is 5.54 Å². The van der Waals surface area contributed by atoms with Crippen LogP contribution in [-0.4, -0.2) is 10.5 Å². The Balaban J connectivity index is 2.06. The molecular weight excluding hydrogens is 266 g/mol. The lowest BCUT2D eigenvalue weighted by molar-refractivity contribution is -0.555. The summed E-state index contributed by atoms with van der Waals surface area (Å²) >= 11 is 0. The van der Waals surface area contributed by atoms with Crippen LogP contribution in [0.4, 0.5) is 5.69 Å². The zero-order chi connectivity index (χ0) is 15.1. The third kappa shape index (κ3) is 3.84. The number of nitrogens with zero attached hydrogens (tertiary/aromatic N) is 3. The lowest BCUT2D eigenvalue weighted by Gasteiger charge is -2.22. The molecule has 0 aromatic heterocycles. The third-order valence-corrected chi connectivity index (χ3v) is 3.59. The summed E-state index contributed by atoms with van der Waals surface area (Å²) in [6, 6.07) is 9.42. The maximum absolute atomic E-state index is 11.3. The van der Waals surface area contributed by atoms with Gasteiger partial charge < -0.3 is 0 Å². The molecule has 0 fully saturated rings. The quantitative estimate of drug-likeness (QED) is 0.427. The molecular formula is C16H19N3O2. The molecule has 1 unspecified atom stereocenters. The molecule has 1 aliphatic carbocycles. The van der Waals surface area contributed by atoms with Crippen LogP contribution in [0.5, 0.6) is 0 Å². The van der Waals surface area contributed by atoms with Crippen LogP contribution in [0, 0.1) is 10.1 Å². The van der Waals surface area contributed by atoms with Crippen LogP contribution in [-0.2, 0) is 0 Å². The minimum Gasteiger partial charge on any atom is -0.264 e. The van der Waals surface area contributed by atoms with Gasteiger partial charge in [-0.15, -0.1) is 0 Å². The van der Waals surface area contributed by atoms with Crippen molar-refractivity contribution in [3.63, 3.8) is 0 Å². The monoisotopic (exact) mass is 285 g/mol. The first-order valence-electron chi connectivity index (χ1n) is 7.17. The van der Waals surface area contributed by atoms with Gasteiger partial charge in [-0.1, -0.05) is 31.5 Å². The van der Waals surface area contributed by atoms with E-state index < -0.39 is 5.54 Å². The second-order valence-corrected chi connectivity index (χ2v) is 5.17. The summed E-state index contributed by atoms with van der Waals surface area (Å²) in [5.41, 5.74) is 0.471. The summed E-state index contributed by atoms with van der Waals surface area (Å²) in [6.45, 7) is 2.04. The molecule has 0 saturated heterocycles. The van der Waals surface area contributed by atoms with Gasteiger partial charge in [-0.3, -0.25) is 10.1 Å². The average molecular weight is 285 g/mol. The normalized spacial score (nSPS) is 21.5. The molecule has 5 heteroatoms. The molecule has 5 nitrogen and oxygen atoms in total. The predicted molar refractivity (Wildman–Crippen MR) is 82.0 cm³/mol. The van der Waals surface area contributed by atoms with Gasteiger partial charge in [-0.2, -0.15) is 10.2 Å². The second kappa shape index (κ2) is 6.92. The molecule has 2 rings (SSSR count). The molecule has 0 N–H and O–H groups in total. The van der Waals surface area contributed by atoms with Crippen LogP contribution in [0.2, 0.25) is 0 Å². The first kappa shape index (κ1) is 15.1. The molecule has 1 atom stereocenters. The van der Waals surface area contributed by atoms with Gasteiger partial charge in [0, 0.05) is 17.8 Å². The van der Waals surface area contributed by atoms with Crippen LogP contribution in [0.3, 0.4) is 0 Å². The number of benzene rings is 1. The van der Waals surface area contributed by atoms with Gasteiger partial charge in [0.15, 0.2) is 0 Å². The minimum atomic E-state index is -0.970. The Hall–Kier alpha value is -2.30. The number of hydrogen-bond donors (Lipinski definition) is 0. The van der Waals surface area contributed by atoms with Crippen molar-refractivity contribution in [3.8, 4) is 0 Å². The molecule has 0 bridgehead atoms. The number of hydrogen-bond acceptors (Lipinski definition) is 4. The lowest BCUT2D eigenvalue weighted by Crippen LogP contribution is -2.36. The highest BCUT2D eigenvalue weighted by molar-refractivity contribution is 5.36. The van der Waals surface area contributed by atoms with E-state index in [0.29, 0.717) is 18.5 Å². The Morgan fingerprint density at radius 2 is 2.05 bits per heavy atom. The van der Waals surface area contributed by atoms with Gasteiger partial charge in [0.25, 0.3) is 0 Å². The molecule has 0 spiro atoms. The van der Waals surface area contributed by atoms with Crippen LogP contribution in [0.1, 0.15) is 32.6 Å². The van der Waals surface area contributed by atoms with Gasteiger partial charge >= 0.3 is 0 Å². The summed E-state index contributed by atoms with van der Waals surface area (Å²) in [6.07, 6.45) is 7.90. The Kier molecular flexibility index (Phi) is 4.98. The van der Waals surface area contributed by atoms with Crippen LogP contribution in [0.25, 0.3) is 0 Å². The maximum Gasteiger partial charge on any atom is 0.244 e. The molecule has 1 aliphatic rings. The predicted octanol–water partition coefficient (Wildman–Crippen LogP) is 4.82. The van der Waals surface area contributed by atoms with Crippen molar-refractivity contribution < 1.29 is 4.92 Å². The van der Waals surface area contributed by atoms with Crippen LogP contribution in [0.15, 0.2) is 64.5 Å². The largest absolute Gasteiger partial charge is 0.264 e. The molecule has 1 aromatic rings. The van der Waals surface area contributed by atoms with Gasteiger partial charge in [-0.25, -0.2) is 0 Å². The standard InChI is InChI=1S/C16H19N3O2/c1-2-3-11-16(19(20)21)12-9-15(10-13-16)18-17-14-7-5-4-6-8-14/h4-10,12H,2-3,11,13H2,1H3. The van der Waals surface area contributed by atoms with Crippen molar-refractivity contribution in [3.05, 3.63) is 64.4 Å². The highest BCUT2D eigenvalue weighted by Crippen LogP contribution is 2.30. The summed E-state index contributed by atoms with van der Waals surface area (Å²) < 4.78 is 0. The Labute approximate surface area is 124 Å². The Morgan fingerprint density at radius 3 is 2.62 bits per heavy atom. The Bertz CT molecular complexity index is 578. The second-order valence-electron chi connectivity index (χ2n) is 5.17. The van der Waals surface area contributed by atoms with Crippen molar-refractivity contribution in [1.82, 2.24) is 0 Å². The van der Waals surface area contributed by atoms with Gasteiger partial charge in [0.1, 0.15) is 0 Å². The average Bonchev–Trinajstić information content (AvgIpc) is 2.53. The van der Waals surface area contributed by atoms with Gasteiger partial charge in [0.05, 0.1) is 11.4 Å². The minimum absolute atomic E-state index is 0.180. The first-order chi connectivity index (χ1) is 10.2. The lowest BCUT2D eigenvalue weighted by atomic mass is 9.86.